The number of aromatic nitrogens is 1. The van der Waals surface area contributed by atoms with Gasteiger partial charge in [0, 0.05) is 0 Å². The maximum absolute atomic E-state index is 12.5. The molecule has 0 saturated carbocycles. The summed E-state index contributed by atoms with van der Waals surface area (Å²) >= 11 is 0. The van der Waals surface area contributed by atoms with E-state index in [1.807, 2.05) is 42.5 Å². The Labute approximate surface area is 234 Å². The summed E-state index contributed by atoms with van der Waals surface area (Å²) in [6, 6.07) is 15.2. The van der Waals surface area contributed by atoms with Gasteiger partial charge >= 0.3 is 68.9 Å². The number of nitrogens with zero attached hydrogens (tertiary/aromatic N) is 2. The molecular formula is C23H30CsN3O2. The Hall–Kier alpha value is -0.818. The zero-order chi connectivity index (χ0) is 19.5. The minimum Gasteiger partial charge on any atom is -0.492 e. The third kappa shape index (κ3) is 10.2. The summed E-state index contributed by atoms with van der Waals surface area (Å²) in [6.07, 6.45) is 4.12. The van der Waals surface area contributed by atoms with Crippen molar-refractivity contribution in [2.45, 2.75) is 45.6 Å². The van der Waals surface area contributed by atoms with Crippen LogP contribution in [0.5, 0.6) is 5.75 Å². The van der Waals surface area contributed by atoms with Crippen LogP contribution in [0.25, 0.3) is 0 Å². The van der Waals surface area contributed by atoms with Crippen LogP contribution in [-0.2, 0) is 11.3 Å². The van der Waals surface area contributed by atoms with Crippen molar-refractivity contribution in [2.24, 2.45) is 5.92 Å². The van der Waals surface area contributed by atoms with Crippen LogP contribution in [0.2, 0.25) is 0 Å². The van der Waals surface area contributed by atoms with Crippen molar-refractivity contribution in [1.82, 2.24) is 10.3 Å². The molecule has 0 saturated heterocycles. The molecule has 1 amide bonds. The van der Waals surface area contributed by atoms with Crippen molar-refractivity contribution >= 4 is 5.91 Å². The number of hydrogen-bond acceptors (Lipinski definition) is 4. The maximum Gasteiger partial charge on any atom is 1.00 e. The van der Waals surface area contributed by atoms with E-state index in [0.717, 1.165) is 29.8 Å². The fraction of sp³-hybridized carbons (Fsp3) is 0.391. The molecule has 1 aromatic carbocycles. The van der Waals surface area contributed by atoms with Crippen LogP contribution in [0, 0.1) is 24.7 Å². The van der Waals surface area contributed by atoms with E-state index >= 15 is 0 Å². The Kier molecular flexibility index (Phi) is 15.5. The summed E-state index contributed by atoms with van der Waals surface area (Å²) < 4.78 is 5.74. The van der Waals surface area contributed by atoms with Crippen LogP contribution >= 0.6 is 0 Å². The molecule has 29 heavy (non-hydrogen) atoms. The minimum absolute atomic E-state index is 0. The van der Waals surface area contributed by atoms with Gasteiger partial charge in [-0.2, -0.15) is 5.26 Å². The van der Waals surface area contributed by atoms with E-state index in [1.165, 1.54) is 0 Å². The molecule has 0 aliphatic carbocycles. The Morgan fingerprint density at radius 1 is 1.24 bits per heavy atom. The molecule has 0 bridgehead atoms. The number of benzene rings is 1. The van der Waals surface area contributed by atoms with E-state index in [4.69, 9.17) is 10.00 Å². The molecule has 2 unspecified atom stereocenters. The van der Waals surface area contributed by atoms with Gasteiger partial charge in [0.1, 0.15) is 5.75 Å². The molecule has 0 radical (unpaired) electrons. The number of pyridine rings is 1. The minimum atomic E-state index is -0.473. The Morgan fingerprint density at radius 2 is 1.97 bits per heavy atom. The zero-order valence-electron chi connectivity index (χ0n) is 18.0. The Balaban J connectivity index is 0.00000392. The average molecular weight is 513 g/mol. The molecule has 2 rings (SSSR count). The number of amides is 1. The van der Waals surface area contributed by atoms with Gasteiger partial charge in [0.15, 0.2) is 0 Å². The molecule has 150 valence electrons. The van der Waals surface area contributed by atoms with Gasteiger partial charge in [-0.1, -0.05) is 50.6 Å². The largest absolute Gasteiger partial charge is 1.00 e. The third-order valence-corrected chi connectivity index (χ3v) is 4.37. The molecule has 5 nitrogen and oxygen atoms in total. The predicted molar refractivity (Wildman–Crippen MR) is 111 cm³/mol. The van der Waals surface area contributed by atoms with Gasteiger partial charge in [-0.25, -0.2) is 0 Å². The van der Waals surface area contributed by atoms with Crippen molar-refractivity contribution < 1.29 is 78.4 Å². The van der Waals surface area contributed by atoms with Gasteiger partial charge in [0.25, 0.3) is 0 Å². The van der Waals surface area contributed by atoms with Gasteiger partial charge in [-0.05, 0) is 30.0 Å². The summed E-state index contributed by atoms with van der Waals surface area (Å²) in [4.78, 5) is 16.8. The number of rotatable bonds is 10. The number of ether oxygens (including phenoxy) is 1. The normalized spacial score (nSPS) is 11.8. The second kappa shape index (κ2) is 15.9. The molecule has 1 aromatic heterocycles. The van der Waals surface area contributed by atoms with E-state index in [9.17, 15) is 4.79 Å². The van der Waals surface area contributed by atoms with E-state index in [0.29, 0.717) is 19.1 Å². The second-order valence-electron chi connectivity index (χ2n) is 6.73. The molecule has 0 aliphatic rings. The van der Waals surface area contributed by atoms with Gasteiger partial charge in [0.05, 0.1) is 43.5 Å². The fourth-order valence-corrected chi connectivity index (χ4v) is 2.85. The number of nitriles is 1. The SMILES string of the molecule is CCCC(C)COc1ccc(CNC(=O)C(CC#N)c2ccccc2)nc1.[CH3-].[Cs+]. The summed E-state index contributed by atoms with van der Waals surface area (Å²) in [5.41, 5.74) is 1.59. The Bertz CT molecular complexity index is 745. The number of hydrogen-bond donors (Lipinski definition) is 1. The van der Waals surface area contributed by atoms with Crippen LogP contribution in [0.1, 0.15) is 50.3 Å². The monoisotopic (exact) mass is 513 g/mol. The molecule has 2 aromatic rings. The summed E-state index contributed by atoms with van der Waals surface area (Å²) in [7, 11) is 0. The summed E-state index contributed by atoms with van der Waals surface area (Å²) in [5, 5.41) is 11.9. The van der Waals surface area contributed by atoms with E-state index < -0.39 is 5.92 Å². The van der Waals surface area contributed by atoms with E-state index in [1.54, 1.807) is 6.20 Å². The first-order valence-corrected chi connectivity index (χ1v) is 9.41. The molecule has 0 spiro atoms. The standard InChI is InChI=1S/C22H27N3O2.CH3.Cs/c1-3-7-17(2)16-27-20-11-10-19(24-15-20)14-25-22(26)21(12-13-23)18-8-5-4-6-9-18;;/h4-6,8-11,15,17,21H,3,7,12,14,16H2,1-2H3,(H,25,26);1H3;/q;-1;+1. The van der Waals surface area contributed by atoms with Gasteiger partial charge in [0.2, 0.25) is 5.91 Å². The molecule has 0 fully saturated rings. The quantitative estimate of drug-likeness (QED) is 0.491. The van der Waals surface area contributed by atoms with Crippen LogP contribution in [-0.4, -0.2) is 17.5 Å². The molecule has 6 heteroatoms. The molecule has 2 atom stereocenters. The molecule has 1 N–H and O–H groups in total. The van der Waals surface area contributed by atoms with Crippen molar-refractivity contribution in [2.75, 3.05) is 6.61 Å². The zero-order valence-corrected chi connectivity index (χ0v) is 24.3. The molecule has 1 heterocycles. The van der Waals surface area contributed by atoms with E-state index in [-0.39, 0.29) is 88.6 Å². The fourth-order valence-electron chi connectivity index (χ4n) is 2.85. The Morgan fingerprint density at radius 3 is 2.55 bits per heavy atom. The predicted octanol–water partition coefficient (Wildman–Crippen LogP) is 1.66. The van der Waals surface area contributed by atoms with Crippen molar-refractivity contribution in [3.63, 3.8) is 0 Å². The molecule has 0 aliphatic heterocycles. The first kappa shape index (κ1) is 28.2. The first-order chi connectivity index (χ1) is 13.1. The van der Waals surface area contributed by atoms with Crippen LogP contribution in [0.3, 0.4) is 0 Å². The number of carbonyl (C=O) groups excluding carboxylic acids is 1. The van der Waals surface area contributed by atoms with Crippen molar-refractivity contribution in [3.8, 4) is 11.8 Å². The maximum atomic E-state index is 12.5. The van der Waals surface area contributed by atoms with Crippen molar-refractivity contribution in [3.05, 3.63) is 67.3 Å². The number of carbonyl (C=O) groups is 1. The average Bonchev–Trinajstić information content (AvgIpc) is 2.70. The van der Waals surface area contributed by atoms with E-state index in [2.05, 4.69) is 30.2 Å². The van der Waals surface area contributed by atoms with Gasteiger partial charge < -0.3 is 17.5 Å². The van der Waals surface area contributed by atoms with Crippen LogP contribution in [0.4, 0.5) is 0 Å². The second-order valence-corrected chi connectivity index (χ2v) is 6.73. The molecular weight excluding hydrogens is 483 g/mol. The van der Waals surface area contributed by atoms with Crippen molar-refractivity contribution in [1.29, 1.82) is 5.26 Å². The summed E-state index contributed by atoms with van der Waals surface area (Å²) in [5.74, 6) is 0.612. The first-order valence-electron chi connectivity index (χ1n) is 9.41. The third-order valence-electron chi connectivity index (χ3n) is 4.37. The summed E-state index contributed by atoms with van der Waals surface area (Å²) in [6.45, 7) is 5.34. The van der Waals surface area contributed by atoms with Gasteiger partial charge in [-0.3, -0.25) is 9.78 Å². The number of nitrogens with one attached hydrogen (secondary N) is 1. The van der Waals surface area contributed by atoms with Crippen LogP contribution < -0.4 is 78.9 Å². The smallest absolute Gasteiger partial charge is 0.492 e. The van der Waals surface area contributed by atoms with Gasteiger partial charge in [-0.15, -0.1) is 0 Å². The topological polar surface area (TPSA) is 75.0 Å². The van der Waals surface area contributed by atoms with Crippen LogP contribution in [0.15, 0.2) is 48.7 Å².